The number of carbonyl (C=O) groups is 1. The van der Waals surface area contributed by atoms with Crippen LogP contribution in [0.1, 0.15) is 54.3 Å². The van der Waals surface area contributed by atoms with Crippen molar-refractivity contribution in [2.24, 2.45) is 0 Å². The topological polar surface area (TPSA) is 100 Å². The highest BCUT2D eigenvalue weighted by atomic mass is 16.5. The van der Waals surface area contributed by atoms with Gasteiger partial charge < -0.3 is 19.5 Å². The molecule has 1 aromatic carbocycles. The van der Waals surface area contributed by atoms with Crippen LogP contribution in [0, 0.1) is 0 Å². The maximum atomic E-state index is 12.6. The van der Waals surface area contributed by atoms with Gasteiger partial charge >= 0.3 is 0 Å². The number of nitrogens with zero attached hydrogens (tertiary/aromatic N) is 4. The summed E-state index contributed by atoms with van der Waals surface area (Å²) in [6.07, 6.45) is 5.76. The minimum atomic E-state index is -0.271. The minimum Gasteiger partial charge on any atom is -0.493 e. The number of rotatable bonds is 7. The molecule has 0 aliphatic heterocycles. The first-order valence-corrected chi connectivity index (χ1v) is 9.02. The van der Waals surface area contributed by atoms with E-state index in [9.17, 15) is 4.79 Å². The van der Waals surface area contributed by atoms with Gasteiger partial charge in [0.15, 0.2) is 17.3 Å². The van der Waals surface area contributed by atoms with E-state index in [2.05, 4.69) is 20.8 Å². The van der Waals surface area contributed by atoms with E-state index in [0.717, 1.165) is 12.8 Å². The summed E-state index contributed by atoms with van der Waals surface area (Å²) < 4.78 is 17.7. The zero-order valence-corrected chi connectivity index (χ0v) is 15.9. The predicted molar refractivity (Wildman–Crippen MR) is 97.2 cm³/mol. The number of aromatic nitrogens is 4. The molecule has 1 heterocycles. The number of ether oxygens (including phenoxy) is 3. The molecule has 0 radical (unpaired) electrons. The molecule has 146 valence electrons. The summed E-state index contributed by atoms with van der Waals surface area (Å²) in [5, 5.41) is 14.8. The van der Waals surface area contributed by atoms with Crippen LogP contribution in [0.4, 0.5) is 0 Å². The molecule has 1 aliphatic carbocycles. The number of hydrogen-bond donors (Lipinski definition) is 1. The standard InChI is InChI=1S/C18H25N5O4/c1-25-14-9-12(10-15(26-2)17(14)27-3)18(24)19-11-16-20-21-22-23(16)13-7-5-4-6-8-13/h9-10,13H,4-8,11H2,1-3H3,(H,19,24). The monoisotopic (exact) mass is 375 g/mol. The van der Waals surface area contributed by atoms with Crippen LogP contribution < -0.4 is 19.5 Å². The van der Waals surface area contributed by atoms with Gasteiger partial charge in [-0.25, -0.2) is 4.68 Å². The number of hydrogen-bond acceptors (Lipinski definition) is 7. The van der Waals surface area contributed by atoms with Crippen LogP contribution in [0.25, 0.3) is 0 Å². The molecule has 9 nitrogen and oxygen atoms in total. The van der Waals surface area contributed by atoms with Crippen molar-refractivity contribution in [1.82, 2.24) is 25.5 Å². The van der Waals surface area contributed by atoms with Crippen LogP contribution in [-0.2, 0) is 6.54 Å². The van der Waals surface area contributed by atoms with E-state index in [1.807, 2.05) is 4.68 Å². The fourth-order valence-electron chi connectivity index (χ4n) is 3.41. The van der Waals surface area contributed by atoms with Crippen molar-refractivity contribution >= 4 is 5.91 Å². The van der Waals surface area contributed by atoms with Crippen LogP contribution in [0.3, 0.4) is 0 Å². The predicted octanol–water partition coefficient (Wildman–Crippen LogP) is 2.13. The van der Waals surface area contributed by atoms with E-state index >= 15 is 0 Å². The van der Waals surface area contributed by atoms with Crippen LogP contribution in [0.15, 0.2) is 12.1 Å². The molecule has 0 saturated heterocycles. The molecule has 0 bridgehead atoms. The smallest absolute Gasteiger partial charge is 0.251 e. The van der Waals surface area contributed by atoms with Gasteiger partial charge in [-0.1, -0.05) is 19.3 Å². The third kappa shape index (κ3) is 4.12. The molecule has 1 fully saturated rings. The summed E-state index contributed by atoms with van der Waals surface area (Å²) in [6.45, 7) is 0.249. The summed E-state index contributed by atoms with van der Waals surface area (Å²) in [7, 11) is 4.54. The number of tetrazole rings is 1. The highest BCUT2D eigenvalue weighted by molar-refractivity contribution is 5.95. The first kappa shape index (κ1) is 18.9. The molecule has 9 heteroatoms. The van der Waals surface area contributed by atoms with E-state index in [4.69, 9.17) is 14.2 Å². The fourth-order valence-corrected chi connectivity index (χ4v) is 3.41. The highest BCUT2D eigenvalue weighted by Gasteiger charge is 2.21. The summed E-state index contributed by atoms with van der Waals surface area (Å²) in [5.74, 6) is 1.68. The van der Waals surface area contributed by atoms with Crippen LogP contribution in [0.5, 0.6) is 17.2 Å². The molecule has 1 N–H and O–H groups in total. The molecule has 0 atom stereocenters. The molecular weight excluding hydrogens is 350 g/mol. The van der Waals surface area contributed by atoms with Crippen LogP contribution >= 0.6 is 0 Å². The molecule has 2 aromatic rings. The molecule has 1 aliphatic rings. The largest absolute Gasteiger partial charge is 0.493 e. The van der Waals surface area contributed by atoms with Crippen molar-refractivity contribution < 1.29 is 19.0 Å². The Hall–Kier alpha value is -2.84. The molecule has 27 heavy (non-hydrogen) atoms. The second-order valence-corrected chi connectivity index (χ2v) is 6.43. The van der Waals surface area contributed by atoms with Gasteiger partial charge in [-0.2, -0.15) is 0 Å². The Morgan fingerprint density at radius 3 is 2.37 bits per heavy atom. The maximum absolute atomic E-state index is 12.6. The fraction of sp³-hybridized carbons (Fsp3) is 0.556. The average Bonchev–Trinajstić information content (AvgIpc) is 3.20. The number of carbonyl (C=O) groups excluding carboxylic acids is 1. The Balaban J connectivity index is 1.72. The van der Waals surface area contributed by atoms with Gasteiger partial charge in [0.1, 0.15) is 0 Å². The molecule has 0 unspecified atom stereocenters. The number of amides is 1. The molecule has 1 aromatic heterocycles. The molecular formula is C18H25N5O4. The van der Waals surface area contributed by atoms with E-state index in [0.29, 0.717) is 34.7 Å². The third-order valence-electron chi connectivity index (χ3n) is 4.82. The average molecular weight is 375 g/mol. The Morgan fingerprint density at radius 1 is 1.11 bits per heavy atom. The minimum absolute atomic E-state index is 0.249. The van der Waals surface area contributed by atoms with Crippen LogP contribution in [-0.4, -0.2) is 47.4 Å². The quantitative estimate of drug-likeness (QED) is 0.791. The van der Waals surface area contributed by atoms with E-state index in [1.165, 1.54) is 40.6 Å². The third-order valence-corrected chi connectivity index (χ3v) is 4.82. The van der Waals surface area contributed by atoms with E-state index < -0.39 is 0 Å². The highest BCUT2D eigenvalue weighted by Crippen LogP contribution is 2.38. The van der Waals surface area contributed by atoms with Gasteiger partial charge in [0.2, 0.25) is 5.75 Å². The molecule has 3 rings (SSSR count). The van der Waals surface area contributed by atoms with Gasteiger partial charge in [-0.15, -0.1) is 5.10 Å². The second-order valence-electron chi connectivity index (χ2n) is 6.43. The van der Waals surface area contributed by atoms with Gasteiger partial charge in [-0.3, -0.25) is 4.79 Å². The van der Waals surface area contributed by atoms with E-state index in [-0.39, 0.29) is 12.5 Å². The first-order chi connectivity index (χ1) is 13.2. The Bertz CT molecular complexity index is 761. The zero-order valence-electron chi connectivity index (χ0n) is 15.9. The summed E-state index contributed by atoms with van der Waals surface area (Å²) in [6, 6.07) is 3.53. The lowest BCUT2D eigenvalue weighted by Crippen LogP contribution is -2.26. The normalized spacial score (nSPS) is 14.6. The van der Waals surface area contributed by atoms with Gasteiger partial charge in [0.25, 0.3) is 5.91 Å². The van der Waals surface area contributed by atoms with E-state index in [1.54, 1.807) is 12.1 Å². The molecule has 0 spiro atoms. The SMILES string of the molecule is COc1cc(C(=O)NCc2nnnn2C2CCCCC2)cc(OC)c1OC. The maximum Gasteiger partial charge on any atom is 0.251 e. The van der Waals surface area contributed by atoms with Crippen molar-refractivity contribution in [3.05, 3.63) is 23.5 Å². The van der Waals surface area contributed by atoms with Crippen LogP contribution in [0.2, 0.25) is 0 Å². The lowest BCUT2D eigenvalue weighted by Gasteiger charge is -2.22. The van der Waals surface area contributed by atoms with Crippen molar-refractivity contribution in [2.75, 3.05) is 21.3 Å². The lowest BCUT2D eigenvalue weighted by molar-refractivity contribution is 0.0948. The van der Waals surface area contributed by atoms with Gasteiger partial charge in [0, 0.05) is 5.56 Å². The zero-order chi connectivity index (χ0) is 19.2. The Labute approximate surface area is 158 Å². The molecule has 1 saturated carbocycles. The summed E-state index contributed by atoms with van der Waals surface area (Å²) in [4.78, 5) is 12.6. The number of benzene rings is 1. The van der Waals surface area contributed by atoms with Crippen molar-refractivity contribution in [2.45, 2.75) is 44.7 Å². The Kier molecular flexibility index (Phi) is 6.10. The molecule has 1 amide bonds. The number of methoxy groups -OCH3 is 3. The summed E-state index contributed by atoms with van der Waals surface area (Å²) >= 11 is 0. The first-order valence-electron chi connectivity index (χ1n) is 9.02. The number of nitrogens with one attached hydrogen (secondary N) is 1. The second kappa shape index (κ2) is 8.70. The lowest BCUT2D eigenvalue weighted by atomic mass is 9.95. The van der Waals surface area contributed by atoms with Gasteiger partial charge in [-0.05, 0) is 35.4 Å². The van der Waals surface area contributed by atoms with Crippen molar-refractivity contribution in [1.29, 1.82) is 0 Å². The van der Waals surface area contributed by atoms with Crippen molar-refractivity contribution in [3.8, 4) is 17.2 Å². The van der Waals surface area contributed by atoms with Gasteiger partial charge in [0.05, 0.1) is 33.9 Å². The van der Waals surface area contributed by atoms with Crippen molar-refractivity contribution in [3.63, 3.8) is 0 Å². The Morgan fingerprint density at radius 2 is 1.78 bits per heavy atom. The summed E-state index contributed by atoms with van der Waals surface area (Å²) in [5.41, 5.74) is 0.404.